The first kappa shape index (κ1) is 25.0. The summed E-state index contributed by atoms with van der Waals surface area (Å²) in [7, 11) is 2.15. The van der Waals surface area contributed by atoms with Gasteiger partial charge in [0.2, 0.25) is 11.8 Å². The van der Waals surface area contributed by atoms with Crippen LogP contribution in [0.25, 0.3) is 10.9 Å². The maximum Gasteiger partial charge on any atom is 0.224 e. The molecule has 2 aliphatic heterocycles. The van der Waals surface area contributed by atoms with E-state index in [4.69, 9.17) is 4.98 Å². The van der Waals surface area contributed by atoms with E-state index in [1.165, 1.54) is 5.69 Å². The van der Waals surface area contributed by atoms with Crippen molar-refractivity contribution >= 4 is 39.9 Å². The van der Waals surface area contributed by atoms with Crippen molar-refractivity contribution in [3.63, 3.8) is 0 Å². The van der Waals surface area contributed by atoms with E-state index in [2.05, 4.69) is 52.2 Å². The van der Waals surface area contributed by atoms with Gasteiger partial charge in [-0.05, 0) is 55.9 Å². The van der Waals surface area contributed by atoms with E-state index in [0.29, 0.717) is 13.1 Å². The van der Waals surface area contributed by atoms with Crippen molar-refractivity contribution in [3.05, 3.63) is 60.2 Å². The van der Waals surface area contributed by atoms with Gasteiger partial charge in [0.25, 0.3) is 0 Å². The zero-order chi connectivity index (χ0) is 25.8. The highest BCUT2D eigenvalue weighted by atomic mass is 16.2. The van der Waals surface area contributed by atoms with E-state index in [0.717, 1.165) is 67.2 Å². The minimum Gasteiger partial charge on any atom is -0.368 e. The molecule has 0 spiro atoms. The van der Waals surface area contributed by atoms with Crippen LogP contribution in [0.15, 0.2) is 54.6 Å². The summed E-state index contributed by atoms with van der Waals surface area (Å²) in [5, 5.41) is 4.00. The number of carbonyl (C=O) groups is 2. The number of para-hydroxylation sites is 1. The monoisotopic (exact) mass is 500 g/mol. The van der Waals surface area contributed by atoms with Gasteiger partial charge in [-0.3, -0.25) is 9.59 Å². The molecule has 8 heteroatoms. The zero-order valence-corrected chi connectivity index (χ0v) is 21.8. The summed E-state index contributed by atoms with van der Waals surface area (Å²) in [6.07, 6.45) is 0.398. The molecular weight excluding hydrogens is 464 g/mol. The van der Waals surface area contributed by atoms with Crippen molar-refractivity contribution < 1.29 is 9.59 Å². The van der Waals surface area contributed by atoms with Gasteiger partial charge in [0.05, 0.1) is 5.52 Å². The van der Waals surface area contributed by atoms with E-state index in [-0.39, 0.29) is 24.7 Å². The molecule has 0 unspecified atom stereocenters. The smallest absolute Gasteiger partial charge is 0.224 e. The van der Waals surface area contributed by atoms with Crippen LogP contribution in [0, 0.1) is 6.92 Å². The van der Waals surface area contributed by atoms with Crippen molar-refractivity contribution in [2.75, 3.05) is 74.5 Å². The fourth-order valence-corrected chi connectivity index (χ4v) is 5.11. The first-order valence-corrected chi connectivity index (χ1v) is 13.2. The van der Waals surface area contributed by atoms with Crippen LogP contribution in [-0.2, 0) is 9.59 Å². The fraction of sp³-hybridized carbons (Fsp3) is 0.414. The number of nitrogens with one attached hydrogen (secondary N) is 1. The Morgan fingerprint density at radius 2 is 1.54 bits per heavy atom. The van der Waals surface area contributed by atoms with Crippen molar-refractivity contribution in [1.29, 1.82) is 0 Å². The van der Waals surface area contributed by atoms with Crippen LogP contribution in [-0.4, -0.2) is 86.0 Å². The molecule has 2 fully saturated rings. The van der Waals surface area contributed by atoms with Gasteiger partial charge < -0.3 is 24.9 Å². The summed E-state index contributed by atoms with van der Waals surface area (Å²) in [4.78, 5) is 39.1. The average Bonchev–Trinajstić information content (AvgIpc) is 2.93. The maximum absolute atomic E-state index is 12.7. The summed E-state index contributed by atoms with van der Waals surface area (Å²) >= 11 is 0. The lowest BCUT2D eigenvalue weighted by Crippen LogP contribution is -2.48. The van der Waals surface area contributed by atoms with Gasteiger partial charge in [0, 0.05) is 82.0 Å². The number of fused-ring (bicyclic) bond motifs is 1. The normalized spacial score (nSPS) is 16.8. The number of amides is 2. The number of likely N-dealkylation sites (N-methyl/N-ethyl adjacent to an activating group) is 1. The molecule has 0 radical (unpaired) electrons. The summed E-state index contributed by atoms with van der Waals surface area (Å²) in [5.74, 6) is 0.908. The van der Waals surface area contributed by atoms with Crippen LogP contribution < -0.4 is 15.1 Å². The second kappa shape index (κ2) is 11.2. The van der Waals surface area contributed by atoms with Crippen molar-refractivity contribution in [2.45, 2.75) is 19.8 Å². The molecule has 1 N–H and O–H groups in total. The van der Waals surface area contributed by atoms with Crippen LogP contribution >= 0.6 is 0 Å². The molecular formula is C29H36N6O2. The summed E-state index contributed by atoms with van der Waals surface area (Å²) < 4.78 is 0. The molecule has 2 saturated heterocycles. The molecule has 3 heterocycles. The quantitative estimate of drug-likeness (QED) is 0.560. The Labute approximate surface area is 218 Å². The molecule has 0 bridgehead atoms. The molecule has 2 aromatic carbocycles. The predicted octanol–water partition coefficient (Wildman–Crippen LogP) is 3.36. The van der Waals surface area contributed by atoms with Crippen LogP contribution in [0.2, 0.25) is 0 Å². The van der Waals surface area contributed by atoms with E-state index >= 15 is 0 Å². The molecule has 1 aromatic heterocycles. The van der Waals surface area contributed by atoms with Crippen LogP contribution in [0.1, 0.15) is 18.4 Å². The largest absolute Gasteiger partial charge is 0.368 e. The lowest BCUT2D eigenvalue weighted by molar-refractivity contribution is -0.133. The third-order valence-corrected chi connectivity index (χ3v) is 7.43. The molecule has 0 atom stereocenters. The van der Waals surface area contributed by atoms with Gasteiger partial charge in [-0.15, -0.1) is 0 Å². The molecule has 0 aliphatic carbocycles. The second-order valence-electron chi connectivity index (χ2n) is 10.1. The van der Waals surface area contributed by atoms with Gasteiger partial charge in [-0.25, -0.2) is 4.98 Å². The van der Waals surface area contributed by atoms with Gasteiger partial charge in [-0.2, -0.15) is 0 Å². The summed E-state index contributed by atoms with van der Waals surface area (Å²) in [5.41, 5.74) is 3.99. The van der Waals surface area contributed by atoms with E-state index in [9.17, 15) is 9.59 Å². The minimum atomic E-state index is -0.143. The highest BCUT2D eigenvalue weighted by Gasteiger charge is 2.22. The Balaban J connectivity index is 1.13. The Kier molecular flexibility index (Phi) is 7.55. The van der Waals surface area contributed by atoms with Gasteiger partial charge in [0.1, 0.15) is 5.82 Å². The molecule has 8 nitrogen and oxygen atoms in total. The van der Waals surface area contributed by atoms with Crippen LogP contribution in [0.4, 0.5) is 17.2 Å². The molecule has 194 valence electrons. The first-order valence-electron chi connectivity index (χ1n) is 13.2. The maximum atomic E-state index is 12.7. The Hall–Kier alpha value is -3.65. The number of hydrogen-bond acceptors (Lipinski definition) is 6. The molecule has 2 amide bonds. The number of nitrogens with zero attached hydrogens (tertiary/aromatic N) is 5. The SMILES string of the molecule is Cc1cc(N2CCN(C)CC2)nc2ccc(NC(=O)CCC(=O)N3CCN(c4ccccc4)CC3)cc12. The van der Waals surface area contributed by atoms with E-state index in [1.807, 2.05) is 41.3 Å². The van der Waals surface area contributed by atoms with Crippen molar-refractivity contribution in [1.82, 2.24) is 14.8 Å². The molecule has 2 aliphatic rings. The van der Waals surface area contributed by atoms with Crippen LogP contribution in [0.3, 0.4) is 0 Å². The Morgan fingerprint density at radius 3 is 2.27 bits per heavy atom. The summed E-state index contributed by atoms with van der Waals surface area (Å²) in [6.45, 7) is 9.10. The van der Waals surface area contributed by atoms with E-state index < -0.39 is 0 Å². The van der Waals surface area contributed by atoms with Crippen molar-refractivity contribution in [3.8, 4) is 0 Å². The topological polar surface area (TPSA) is 72.0 Å². The number of benzene rings is 2. The lowest BCUT2D eigenvalue weighted by Gasteiger charge is -2.36. The number of aromatic nitrogens is 1. The third-order valence-electron chi connectivity index (χ3n) is 7.43. The average molecular weight is 501 g/mol. The van der Waals surface area contributed by atoms with E-state index in [1.54, 1.807) is 0 Å². The standard InChI is InChI=1S/C29H36N6O2/c1-22-20-27(34-14-12-32(2)13-15-34)31-26-9-8-23(21-25(22)26)30-28(36)10-11-29(37)35-18-16-33(17-19-35)24-6-4-3-5-7-24/h3-9,20-21H,10-19H2,1-2H3,(H,30,36). The first-order chi connectivity index (χ1) is 18.0. The number of pyridine rings is 1. The third kappa shape index (κ3) is 6.02. The van der Waals surface area contributed by atoms with Crippen molar-refractivity contribution in [2.24, 2.45) is 0 Å². The molecule has 0 saturated carbocycles. The Morgan fingerprint density at radius 1 is 0.838 bits per heavy atom. The molecule has 5 rings (SSSR count). The Bertz CT molecular complexity index is 1250. The summed E-state index contributed by atoms with van der Waals surface area (Å²) in [6, 6.07) is 18.2. The van der Waals surface area contributed by atoms with Gasteiger partial charge in [0.15, 0.2) is 0 Å². The molecule has 37 heavy (non-hydrogen) atoms. The predicted molar refractivity (Wildman–Crippen MR) is 149 cm³/mol. The van der Waals surface area contributed by atoms with Crippen LogP contribution in [0.5, 0.6) is 0 Å². The number of aryl methyl sites for hydroxylation is 1. The number of hydrogen-bond donors (Lipinski definition) is 1. The minimum absolute atomic E-state index is 0.0397. The van der Waals surface area contributed by atoms with Gasteiger partial charge >= 0.3 is 0 Å². The highest BCUT2D eigenvalue weighted by molar-refractivity contribution is 5.96. The van der Waals surface area contributed by atoms with Gasteiger partial charge in [-0.1, -0.05) is 18.2 Å². The zero-order valence-electron chi connectivity index (χ0n) is 21.8. The number of carbonyl (C=O) groups excluding carboxylic acids is 2. The lowest BCUT2D eigenvalue weighted by atomic mass is 10.1. The molecule has 3 aromatic rings. The second-order valence-corrected chi connectivity index (χ2v) is 10.1. The fourth-order valence-electron chi connectivity index (χ4n) is 5.11. The highest BCUT2D eigenvalue weighted by Crippen LogP contribution is 2.26. The number of rotatable bonds is 6. The number of piperazine rings is 2. The number of anilines is 3.